The first kappa shape index (κ1) is 21.7. The van der Waals surface area contributed by atoms with Crippen molar-refractivity contribution in [2.45, 2.75) is 19.8 Å². The quantitative estimate of drug-likeness (QED) is 0.341. The molecule has 0 N–H and O–H groups in total. The Bertz CT molecular complexity index is 160. The summed E-state index contributed by atoms with van der Waals surface area (Å²) in [6.07, 6.45) is 8.20. The van der Waals surface area contributed by atoms with E-state index in [-0.39, 0.29) is 25.4 Å². The average Bonchev–Trinajstić information content (AvgIpc) is 2.03. The van der Waals surface area contributed by atoms with Crippen molar-refractivity contribution in [1.82, 2.24) is 14.0 Å². The molecule has 0 aliphatic heterocycles. The molecule has 0 heterocycles. The van der Waals surface area contributed by atoms with E-state index in [1.165, 1.54) is 0 Å². The van der Waals surface area contributed by atoms with Gasteiger partial charge in [0.2, 0.25) is 0 Å². The van der Waals surface area contributed by atoms with Crippen LogP contribution in [-0.2, 0) is 17.1 Å². The van der Waals surface area contributed by atoms with Crippen molar-refractivity contribution in [2.24, 2.45) is 0 Å². The molecular weight excluding hydrogens is 269 g/mol. The summed E-state index contributed by atoms with van der Waals surface area (Å²) in [6.45, 7) is 2.03. The van der Waals surface area contributed by atoms with Gasteiger partial charge in [-0.25, -0.2) is 0 Å². The van der Waals surface area contributed by atoms with Gasteiger partial charge in [0.15, 0.2) is 0 Å². The van der Waals surface area contributed by atoms with Crippen molar-refractivity contribution in [3.63, 3.8) is 0 Å². The maximum atomic E-state index is 6.35. The zero-order valence-electron chi connectivity index (χ0n) is 11.5. The van der Waals surface area contributed by atoms with E-state index in [1.807, 2.05) is 6.92 Å². The molecule has 0 saturated carbocycles. The molecule has 0 aliphatic rings. The Morgan fingerprint density at radius 1 is 0.938 bits per heavy atom. The van der Waals surface area contributed by atoms with Gasteiger partial charge in [-0.1, -0.05) is 6.92 Å². The van der Waals surface area contributed by atoms with E-state index in [1.54, 1.807) is 0 Å². The van der Waals surface area contributed by atoms with E-state index in [4.69, 9.17) is 6.42 Å². The first-order valence-corrected chi connectivity index (χ1v) is 6.29. The van der Waals surface area contributed by atoms with Gasteiger partial charge in [-0.3, -0.25) is 14.0 Å². The van der Waals surface area contributed by atoms with E-state index in [0.717, 1.165) is 12.8 Å². The monoisotopic (exact) mass is 293 g/mol. The SMILES string of the molecule is CN(C)P(N(C)C)N(C)C.[C-]#CCCC.[Cu+]. The molecule has 0 rings (SSSR count). The molecule has 3 nitrogen and oxygen atoms in total. The maximum absolute atomic E-state index is 6.35. The molecule has 0 spiro atoms. The van der Waals surface area contributed by atoms with Crippen LogP contribution in [0.4, 0.5) is 0 Å². The molecule has 0 aromatic carbocycles. The Hall–Kier alpha value is 0.389. The largest absolute Gasteiger partial charge is 1.00 e. The summed E-state index contributed by atoms with van der Waals surface area (Å²) in [4.78, 5) is 0. The average molecular weight is 294 g/mol. The second kappa shape index (κ2) is 13.5. The van der Waals surface area contributed by atoms with Gasteiger partial charge in [0.1, 0.15) is 8.37 Å². The summed E-state index contributed by atoms with van der Waals surface area (Å²) < 4.78 is 6.69. The van der Waals surface area contributed by atoms with E-state index in [2.05, 4.69) is 62.2 Å². The molecule has 0 atom stereocenters. The van der Waals surface area contributed by atoms with Crippen LogP contribution in [0.15, 0.2) is 0 Å². The fraction of sp³-hybridized carbons (Fsp3) is 0.818. The van der Waals surface area contributed by atoms with Gasteiger partial charge >= 0.3 is 17.1 Å². The van der Waals surface area contributed by atoms with Crippen LogP contribution in [0.2, 0.25) is 0 Å². The van der Waals surface area contributed by atoms with Crippen LogP contribution in [0.3, 0.4) is 0 Å². The van der Waals surface area contributed by atoms with Gasteiger partial charge in [-0.05, 0) is 55.1 Å². The zero-order valence-corrected chi connectivity index (χ0v) is 13.3. The third kappa shape index (κ3) is 12.5. The number of unbranched alkanes of at least 4 members (excludes halogenated alkanes) is 1. The minimum Gasteiger partial charge on any atom is -0.694 e. The molecule has 0 aliphatic carbocycles. The summed E-state index contributed by atoms with van der Waals surface area (Å²) in [5.41, 5.74) is 0. The predicted octanol–water partition coefficient (Wildman–Crippen LogP) is 2.27. The smallest absolute Gasteiger partial charge is 0.694 e. The fourth-order valence-electron chi connectivity index (χ4n) is 1.20. The third-order valence-corrected chi connectivity index (χ3v) is 3.59. The Labute approximate surface area is 114 Å². The number of hydrogen-bond acceptors (Lipinski definition) is 3. The van der Waals surface area contributed by atoms with Crippen LogP contribution < -0.4 is 0 Å². The second-order valence-corrected chi connectivity index (χ2v) is 6.67. The normalized spacial score (nSPS) is 9.88. The van der Waals surface area contributed by atoms with Crippen molar-refractivity contribution >= 4 is 8.37 Å². The molecule has 0 bridgehead atoms. The van der Waals surface area contributed by atoms with Crippen molar-refractivity contribution in [3.8, 4) is 5.92 Å². The van der Waals surface area contributed by atoms with Gasteiger partial charge < -0.3 is 12.3 Å². The Kier molecular flexibility index (Phi) is 18.2. The molecule has 5 heteroatoms. The summed E-state index contributed by atoms with van der Waals surface area (Å²) in [5.74, 6) is 2.27. The van der Waals surface area contributed by atoms with E-state index in [0.29, 0.717) is 0 Å². The molecule has 0 aromatic heterocycles. The van der Waals surface area contributed by atoms with Crippen molar-refractivity contribution < 1.29 is 17.1 Å². The second-order valence-electron chi connectivity index (χ2n) is 3.74. The maximum Gasteiger partial charge on any atom is 1.00 e. The Balaban J connectivity index is -0.000000242. The topological polar surface area (TPSA) is 9.72 Å². The molecule has 16 heavy (non-hydrogen) atoms. The molecule has 0 radical (unpaired) electrons. The van der Waals surface area contributed by atoms with Gasteiger partial charge in [0.05, 0.1) is 0 Å². The van der Waals surface area contributed by atoms with Gasteiger partial charge in [-0.15, -0.1) is 0 Å². The zero-order chi connectivity index (χ0) is 12.4. The molecule has 0 amide bonds. The summed E-state index contributed by atoms with van der Waals surface area (Å²) in [7, 11) is 12.4. The van der Waals surface area contributed by atoms with Crippen LogP contribution in [0.1, 0.15) is 19.8 Å². The van der Waals surface area contributed by atoms with Crippen LogP contribution in [0.5, 0.6) is 0 Å². The summed E-state index contributed by atoms with van der Waals surface area (Å²) >= 11 is 0. The van der Waals surface area contributed by atoms with Gasteiger partial charge in [0, 0.05) is 0 Å². The number of rotatable bonds is 4. The third-order valence-electron chi connectivity index (χ3n) is 1.45. The minimum atomic E-state index is -0.238. The van der Waals surface area contributed by atoms with Crippen LogP contribution >= 0.6 is 8.37 Å². The first-order chi connectivity index (χ1) is 6.88. The van der Waals surface area contributed by atoms with Crippen LogP contribution in [0.25, 0.3) is 0 Å². The Morgan fingerprint density at radius 2 is 1.25 bits per heavy atom. The summed E-state index contributed by atoms with van der Waals surface area (Å²) in [5, 5.41) is 0. The fourth-order valence-corrected chi connectivity index (χ4v) is 3.34. The summed E-state index contributed by atoms with van der Waals surface area (Å²) in [6, 6.07) is 0. The van der Waals surface area contributed by atoms with Gasteiger partial charge in [-0.2, -0.15) is 0 Å². The van der Waals surface area contributed by atoms with Crippen molar-refractivity contribution in [1.29, 1.82) is 0 Å². The van der Waals surface area contributed by atoms with Crippen molar-refractivity contribution in [2.75, 3.05) is 42.3 Å². The molecule has 100 valence electrons. The predicted molar refractivity (Wildman–Crippen MR) is 70.0 cm³/mol. The van der Waals surface area contributed by atoms with Crippen LogP contribution in [-0.4, -0.2) is 56.3 Å². The van der Waals surface area contributed by atoms with E-state index >= 15 is 0 Å². The number of nitrogens with zero attached hydrogens (tertiary/aromatic N) is 3. The van der Waals surface area contributed by atoms with E-state index in [9.17, 15) is 0 Å². The molecule has 0 saturated heterocycles. The number of hydrogen-bond donors (Lipinski definition) is 0. The van der Waals surface area contributed by atoms with E-state index < -0.39 is 0 Å². The molecule has 0 aromatic rings. The Morgan fingerprint density at radius 3 is 1.25 bits per heavy atom. The molecule has 0 fully saturated rings. The molecule has 0 unspecified atom stereocenters. The minimum absolute atomic E-state index is 0. The molecular formula is C11H25CuN3P. The van der Waals surface area contributed by atoms with Gasteiger partial charge in [0.25, 0.3) is 0 Å². The first-order valence-electron chi connectivity index (χ1n) is 5.09. The van der Waals surface area contributed by atoms with Crippen LogP contribution in [0, 0.1) is 12.3 Å². The van der Waals surface area contributed by atoms with Crippen molar-refractivity contribution in [3.05, 3.63) is 6.42 Å². The standard InChI is InChI=1S/C6H18N3P.C5H7.Cu/c1-7(2)10(8(3)4)9(5)6;1-3-5-4-2;/h1-6H3;3,5H2,1H3;/q;-1;+1.